The molecule has 0 saturated heterocycles. The maximum atomic E-state index is 4.14. The molecule has 110 valence electrons. The highest BCUT2D eigenvalue weighted by Gasteiger charge is 2.23. The minimum absolute atomic E-state index is 0.425. The zero-order valence-electron chi connectivity index (χ0n) is 12.8. The molecule has 1 aromatic heterocycles. The van der Waals surface area contributed by atoms with Crippen LogP contribution in [0.5, 0.6) is 0 Å². The summed E-state index contributed by atoms with van der Waals surface area (Å²) in [5, 5.41) is 3.65. The van der Waals surface area contributed by atoms with Gasteiger partial charge in [-0.05, 0) is 67.0 Å². The predicted octanol–water partition coefficient (Wildman–Crippen LogP) is 4.24. The van der Waals surface area contributed by atoms with Crippen LogP contribution in [-0.2, 0) is 6.42 Å². The van der Waals surface area contributed by atoms with Gasteiger partial charge in [-0.1, -0.05) is 31.2 Å². The van der Waals surface area contributed by atoms with Gasteiger partial charge in [-0.3, -0.25) is 4.98 Å². The van der Waals surface area contributed by atoms with Crippen molar-refractivity contribution in [3.8, 4) is 0 Å². The third kappa shape index (κ3) is 3.33. The highest BCUT2D eigenvalue weighted by molar-refractivity contribution is 5.33. The van der Waals surface area contributed by atoms with Gasteiger partial charge in [-0.15, -0.1) is 0 Å². The van der Waals surface area contributed by atoms with Crippen LogP contribution in [0.2, 0.25) is 0 Å². The van der Waals surface area contributed by atoms with E-state index in [4.69, 9.17) is 0 Å². The van der Waals surface area contributed by atoms with Gasteiger partial charge in [0.2, 0.25) is 0 Å². The maximum absolute atomic E-state index is 4.14. The first kappa shape index (κ1) is 14.3. The first-order valence-electron chi connectivity index (χ1n) is 8.09. The summed E-state index contributed by atoms with van der Waals surface area (Å²) in [6.07, 6.45) is 8.84. The minimum atomic E-state index is 0.425. The lowest BCUT2D eigenvalue weighted by atomic mass is 9.79. The Morgan fingerprint density at radius 1 is 1.19 bits per heavy atom. The molecule has 21 heavy (non-hydrogen) atoms. The number of fused-ring (bicyclic) bond motifs is 1. The average Bonchev–Trinajstić information content (AvgIpc) is 2.55. The van der Waals surface area contributed by atoms with Crippen LogP contribution < -0.4 is 5.32 Å². The Bertz CT molecular complexity index is 565. The van der Waals surface area contributed by atoms with E-state index in [1.165, 1.54) is 31.2 Å². The number of hydrogen-bond acceptors (Lipinski definition) is 2. The van der Waals surface area contributed by atoms with Gasteiger partial charge in [0.15, 0.2) is 0 Å². The van der Waals surface area contributed by atoms with E-state index in [1.807, 2.05) is 12.4 Å². The Morgan fingerprint density at radius 3 is 2.81 bits per heavy atom. The molecule has 0 radical (unpaired) electrons. The van der Waals surface area contributed by atoms with E-state index in [0.29, 0.717) is 12.0 Å². The number of benzene rings is 1. The average molecular weight is 280 g/mol. The van der Waals surface area contributed by atoms with E-state index < -0.39 is 0 Å². The van der Waals surface area contributed by atoms with Crippen LogP contribution in [0.25, 0.3) is 0 Å². The fraction of sp³-hybridized carbons (Fsp3) is 0.421. The lowest BCUT2D eigenvalue weighted by Gasteiger charge is -2.29. The largest absolute Gasteiger partial charge is 0.310 e. The van der Waals surface area contributed by atoms with Crippen LogP contribution in [0.1, 0.15) is 54.8 Å². The molecule has 0 bridgehead atoms. The Balaban J connectivity index is 1.81. The smallest absolute Gasteiger partial charge is 0.0327 e. The normalized spacial score (nSPS) is 19.0. The quantitative estimate of drug-likeness (QED) is 0.886. The van der Waals surface area contributed by atoms with Crippen molar-refractivity contribution in [2.75, 3.05) is 6.54 Å². The first-order chi connectivity index (χ1) is 10.4. The van der Waals surface area contributed by atoms with Crippen molar-refractivity contribution in [3.63, 3.8) is 0 Å². The predicted molar refractivity (Wildman–Crippen MR) is 87.4 cm³/mol. The Morgan fingerprint density at radius 2 is 2.00 bits per heavy atom. The lowest BCUT2D eigenvalue weighted by molar-refractivity contribution is 0.426. The molecule has 2 nitrogen and oxygen atoms in total. The van der Waals surface area contributed by atoms with Crippen molar-refractivity contribution >= 4 is 0 Å². The topological polar surface area (TPSA) is 24.9 Å². The zero-order valence-corrected chi connectivity index (χ0v) is 12.8. The molecule has 1 heterocycles. The van der Waals surface area contributed by atoms with Gasteiger partial charge in [0.05, 0.1) is 0 Å². The summed E-state index contributed by atoms with van der Waals surface area (Å²) in [5.74, 6) is 0.673. The summed E-state index contributed by atoms with van der Waals surface area (Å²) in [5.41, 5.74) is 4.48. The second-order valence-corrected chi connectivity index (χ2v) is 5.91. The molecule has 2 aromatic rings. The Hall–Kier alpha value is -1.67. The molecule has 0 amide bonds. The van der Waals surface area contributed by atoms with Crippen molar-refractivity contribution in [3.05, 3.63) is 65.5 Å². The molecule has 0 fully saturated rings. The standard InChI is InChI=1S/C19H24N2/c1-2-21-19(16-10-12-20-13-11-16)14-17-8-5-7-15-6-3-4-9-18(15)17/h3-4,6,9-13,17,19,21H,2,5,7-8,14H2,1H3. The number of nitrogens with zero attached hydrogens (tertiary/aromatic N) is 1. The van der Waals surface area contributed by atoms with Gasteiger partial charge in [0.1, 0.15) is 0 Å². The van der Waals surface area contributed by atoms with Crippen LogP contribution in [0, 0.1) is 0 Å². The van der Waals surface area contributed by atoms with E-state index >= 15 is 0 Å². The maximum Gasteiger partial charge on any atom is 0.0327 e. The van der Waals surface area contributed by atoms with Gasteiger partial charge in [-0.25, -0.2) is 0 Å². The van der Waals surface area contributed by atoms with E-state index in [1.54, 1.807) is 11.1 Å². The van der Waals surface area contributed by atoms with Crippen molar-refractivity contribution in [1.29, 1.82) is 0 Å². The number of rotatable bonds is 5. The second kappa shape index (κ2) is 6.86. The third-order valence-electron chi connectivity index (χ3n) is 4.57. The number of aromatic nitrogens is 1. The number of hydrogen-bond donors (Lipinski definition) is 1. The molecule has 0 spiro atoms. The molecule has 2 heteroatoms. The fourth-order valence-electron chi connectivity index (χ4n) is 3.56. The van der Waals surface area contributed by atoms with E-state index in [0.717, 1.165) is 6.54 Å². The number of pyridine rings is 1. The van der Waals surface area contributed by atoms with Gasteiger partial charge in [0, 0.05) is 18.4 Å². The molecule has 2 atom stereocenters. The van der Waals surface area contributed by atoms with Crippen molar-refractivity contribution in [1.82, 2.24) is 10.3 Å². The summed E-state index contributed by atoms with van der Waals surface area (Å²) >= 11 is 0. The second-order valence-electron chi connectivity index (χ2n) is 5.91. The summed E-state index contributed by atoms with van der Waals surface area (Å²) in [4.78, 5) is 4.14. The molecule has 1 aliphatic rings. The zero-order chi connectivity index (χ0) is 14.5. The molecule has 3 rings (SSSR count). The summed E-state index contributed by atoms with van der Waals surface area (Å²) < 4.78 is 0. The highest BCUT2D eigenvalue weighted by atomic mass is 14.9. The van der Waals surface area contributed by atoms with E-state index in [9.17, 15) is 0 Å². The summed E-state index contributed by atoms with van der Waals surface area (Å²) in [7, 11) is 0. The fourth-order valence-corrected chi connectivity index (χ4v) is 3.56. The van der Waals surface area contributed by atoms with Gasteiger partial charge in [-0.2, -0.15) is 0 Å². The van der Waals surface area contributed by atoms with Crippen LogP contribution >= 0.6 is 0 Å². The van der Waals surface area contributed by atoms with Crippen molar-refractivity contribution in [2.24, 2.45) is 0 Å². The van der Waals surface area contributed by atoms with Gasteiger partial charge < -0.3 is 5.32 Å². The van der Waals surface area contributed by atoms with Gasteiger partial charge in [0.25, 0.3) is 0 Å². The molecule has 2 unspecified atom stereocenters. The number of aryl methyl sites for hydroxylation is 1. The summed E-state index contributed by atoms with van der Waals surface area (Å²) in [6.45, 7) is 3.18. The molecule has 1 N–H and O–H groups in total. The molecule has 1 aliphatic carbocycles. The van der Waals surface area contributed by atoms with E-state index in [-0.39, 0.29) is 0 Å². The highest BCUT2D eigenvalue weighted by Crippen LogP contribution is 2.37. The molecule has 0 saturated carbocycles. The van der Waals surface area contributed by atoms with Crippen LogP contribution in [0.4, 0.5) is 0 Å². The minimum Gasteiger partial charge on any atom is -0.310 e. The van der Waals surface area contributed by atoms with Crippen molar-refractivity contribution in [2.45, 2.75) is 44.6 Å². The van der Waals surface area contributed by atoms with E-state index in [2.05, 4.69) is 53.6 Å². The Labute approximate surface area is 127 Å². The first-order valence-corrected chi connectivity index (χ1v) is 8.09. The monoisotopic (exact) mass is 280 g/mol. The van der Waals surface area contributed by atoms with Crippen LogP contribution in [0.15, 0.2) is 48.8 Å². The SMILES string of the molecule is CCNC(CC1CCCc2ccccc21)c1ccncc1. The summed E-state index contributed by atoms with van der Waals surface area (Å²) in [6, 6.07) is 13.7. The van der Waals surface area contributed by atoms with Gasteiger partial charge >= 0.3 is 0 Å². The lowest BCUT2D eigenvalue weighted by Crippen LogP contribution is -2.24. The Kier molecular flexibility index (Phi) is 4.66. The van der Waals surface area contributed by atoms with Crippen LogP contribution in [-0.4, -0.2) is 11.5 Å². The molecular formula is C19H24N2. The third-order valence-corrected chi connectivity index (χ3v) is 4.57. The molecule has 0 aliphatic heterocycles. The molecular weight excluding hydrogens is 256 g/mol. The number of nitrogens with one attached hydrogen (secondary N) is 1. The van der Waals surface area contributed by atoms with Crippen molar-refractivity contribution < 1.29 is 0 Å². The van der Waals surface area contributed by atoms with Crippen LogP contribution in [0.3, 0.4) is 0 Å². The molecule has 1 aromatic carbocycles.